The van der Waals surface area contributed by atoms with Crippen LogP contribution in [-0.2, 0) is 4.74 Å². The number of hydrogen-bond donors (Lipinski definition) is 1. The van der Waals surface area contributed by atoms with E-state index in [1.165, 1.54) is 0 Å². The minimum atomic E-state index is -0.508. The fourth-order valence-corrected chi connectivity index (χ4v) is 4.01. The van der Waals surface area contributed by atoms with Crippen molar-refractivity contribution in [2.24, 2.45) is 0 Å². The number of carbonyl (C=O) groups excluding carboxylic acids is 2. The Morgan fingerprint density at radius 2 is 1.50 bits per heavy atom. The molecule has 32 heavy (non-hydrogen) atoms. The van der Waals surface area contributed by atoms with E-state index in [1.54, 1.807) is 12.1 Å². The topological polar surface area (TPSA) is 58.6 Å². The van der Waals surface area contributed by atoms with Crippen molar-refractivity contribution in [1.82, 2.24) is 4.90 Å². The molecule has 0 aliphatic carbocycles. The van der Waals surface area contributed by atoms with Crippen molar-refractivity contribution >= 4 is 28.3 Å². The van der Waals surface area contributed by atoms with Gasteiger partial charge in [0.15, 0.2) is 0 Å². The second kappa shape index (κ2) is 9.03. The van der Waals surface area contributed by atoms with Crippen LogP contribution in [0.2, 0.25) is 0 Å². The number of fused-ring (bicyclic) bond motifs is 1. The van der Waals surface area contributed by atoms with E-state index in [1.807, 2.05) is 74.2 Å². The number of piperidine rings is 1. The van der Waals surface area contributed by atoms with E-state index in [4.69, 9.17) is 4.74 Å². The maximum atomic E-state index is 13.0. The smallest absolute Gasteiger partial charge is 0.338 e. The van der Waals surface area contributed by atoms with E-state index in [9.17, 15) is 9.59 Å². The van der Waals surface area contributed by atoms with Crippen LogP contribution < -0.4 is 5.32 Å². The normalized spacial score (nSPS) is 14.9. The van der Waals surface area contributed by atoms with Crippen LogP contribution in [0.4, 0.5) is 5.69 Å². The Balaban J connectivity index is 1.31. The summed E-state index contributed by atoms with van der Waals surface area (Å²) in [6, 6.07) is 21.7. The molecule has 0 bridgehead atoms. The Labute approximate surface area is 189 Å². The van der Waals surface area contributed by atoms with Gasteiger partial charge in [-0.05, 0) is 80.8 Å². The molecule has 0 aromatic heterocycles. The predicted molar refractivity (Wildman–Crippen MR) is 128 cm³/mol. The van der Waals surface area contributed by atoms with E-state index < -0.39 is 5.60 Å². The largest absolute Gasteiger partial charge is 0.456 e. The molecule has 1 saturated heterocycles. The van der Waals surface area contributed by atoms with Crippen molar-refractivity contribution in [1.29, 1.82) is 0 Å². The van der Waals surface area contributed by atoms with Gasteiger partial charge in [0, 0.05) is 30.4 Å². The molecular weight excluding hydrogens is 400 g/mol. The van der Waals surface area contributed by atoms with Gasteiger partial charge < -0.3 is 15.0 Å². The quantitative estimate of drug-likeness (QED) is 0.555. The molecule has 1 aliphatic heterocycles. The number of anilines is 1. The lowest BCUT2D eigenvalue weighted by Crippen LogP contribution is -2.42. The molecule has 1 heterocycles. The van der Waals surface area contributed by atoms with Gasteiger partial charge in [0.2, 0.25) is 0 Å². The molecule has 3 aromatic carbocycles. The molecule has 3 aromatic rings. The van der Waals surface area contributed by atoms with Crippen LogP contribution in [0, 0.1) is 0 Å². The summed E-state index contributed by atoms with van der Waals surface area (Å²) in [7, 11) is 0. The Hall–Kier alpha value is -3.34. The van der Waals surface area contributed by atoms with Gasteiger partial charge in [-0.3, -0.25) is 4.79 Å². The highest BCUT2D eigenvalue weighted by molar-refractivity contribution is 5.98. The summed E-state index contributed by atoms with van der Waals surface area (Å²) < 4.78 is 5.41. The average Bonchev–Trinajstić information content (AvgIpc) is 2.78. The molecule has 5 heteroatoms. The number of nitrogens with one attached hydrogen (secondary N) is 1. The summed E-state index contributed by atoms with van der Waals surface area (Å²) in [5, 5.41) is 5.76. The van der Waals surface area contributed by atoms with E-state index in [-0.39, 0.29) is 11.9 Å². The monoisotopic (exact) mass is 430 g/mol. The second-order valence-electron chi connectivity index (χ2n) is 9.35. The van der Waals surface area contributed by atoms with Gasteiger partial charge in [0.25, 0.3) is 5.91 Å². The molecule has 1 fully saturated rings. The first-order valence-electron chi connectivity index (χ1n) is 11.2. The van der Waals surface area contributed by atoms with Crippen LogP contribution in [0.1, 0.15) is 54.3 Å². The number of benzene rings is 3. The Morgan fingerprint density at radius 3 is 2.16 bits per heavy atom. The maximum Gasteiger partial charge on any atom is 0.338 e. The summed E-state index contributed by atoms with van der Waals surface area (Å²) in [6.07, 6.45) is 1.76. The number of hydrogen-bond acceptors (Lipinski definition) is 4. The SMILES string of the molecule is CC(C)(C)OC(=O)c1ccc(NC2CCN(C(=O)c3ccc4ccccc4c3)CC2)cc1. The number of carbonyl (C=O) groups is 2. The summed E-state index contributed by atoms with van der Waals surface area (Å²) in [6.45, 7) is 7.02. The molecule has 5 nitrogen and oxygen atoms in total. The standard InChI is InChI=1S/C27H30N2O3/c1-27(2,3)32-26(31)20-10-12-23(13-11-20)28-24-14-16-29(17-15-24)25(30)22-9-8-19-6-4-5-7-21(19)18-22/h4-13,18,24,28H,14-17H2,1-3H3. The molecule has 166 valence electrons. The third kappa shape index (κ3) is 5.28. The molecule has 0 radical (unpaired) electrons. The zero-order valence-electron chi connectivity index (χ0n) is 18.9. The van der Waals surface area contributed by atoms with Crippen LogP contribution in [0.25, 0.3) is 10.8 Å². The average molecular weight is 431 g/mol. The van der Waals surface area contributed by atoms with Crippen molar-refractivity contribution in [3.05, 3.63) is 77.9 Å². The fourth-order valence-electron chi connectivity index (χ4n) is 4.01. The molecule has 0 spiro atoms. The van der Waals surface area contributed by atoms with Crippen molar-refractivity contribution < 1.29 is 14.3 Å². The van der Waals surface area contributed by atoms with Crippen molar-refractivity contribution in [3.8, 4) is 0 Å². The molecule has 1 aliphatic rings. The van der Waals surface area contributed by atoms with Gasteiger partial charge in [-0.25, -0.2) is 4.79 Å². The molecular formula is C27H30N2O3. The van der Waals surface area contributed by atoms with Crippen molar-refractivity contribution in [2.45, 2.75) is 45.3 Å². The minimum absolute atomic E-state index is 0.0934. The van der Waals surface area contributed by atoms with Gasteiger partial charge in [-0.2, -0.15) is 0 Å². The summed E-state index contributed by atoms with van der Waals surface area (Å²) in [5.41, 5.74) is 1.75. The lowest BCUT2D eigenvalue weighted by molar-refractivity contribution is 0.00694. The lowest BCUT2D eigenvalue weighted by Gasteiger charge is -2.33. The lowest BCUT2D eigenvalue weighted by atomic mass is 10.0. The number of esters is 1. The number of nitrogens with zero attached hydrogens (tertiary/aromatic N) is 1. The van der Waals surface area contributed by atoms with Crippen LogP contribution >= 0.6 is 0 Å². The Morgan fingerprint density at radius 1 is 0.875 bits per heavy atom. The summed E-state index contributed by atoms with van der Waals surface area (Å²) >= 11 is 0. The zero-order chi connectivity index (χ0) is 22.7. The van der Waals surface area contributed by atoms with Gasteiger partial charge in [0.05, 0.1) is 5.56 Å². The van der Waals surface area contributed by atoms with Crippen LogP contribution in [0.3, 0.4) is 0 Å². The molecule has 4 rings (SSSR count). The van der Waals surface area contributed by atoms with Crippen LogP contribution in [0.5, 0.6) is 0 Å². The minimum Gasteiger partial charge on any atom is -0.456 e. The number of amides is 1. The van der Waals surface area contributed by atoms with Crippen molar-refractivity contribution in [3.63, 3.8) is 0 Å². The first-order chi connectivity index (χ1) is 15.3. The maximum absolute atomic E-state index is 13.0. The molecule has 0 saturated carbocycles. The highest BCUT2D eigenvalue weighted by Gasteiger charge is 2.24. The fraction of sp³-hybridized carbons (Fsp3) is 0.333. The highest BCUT2D eigenvalue weighted by atomic mass is 16.6. The number of rotatable bonds is 4. The van der Waals surface area contributed by atoms with Gasteiger partial charge in [-0.15, -0.1) is 0 Å². The van der Waals surface area contributed by atoms with E-state index >= 15 is 0 Å². The summed E-state index contributed by atoms with van der Waals surface area (Å²) in [5.74, 6) is -0.222. The van der Waals surface area contributed by atoms with Gasteiger partial charge in [0.1, 0.15) is 5.60 Å². The Bertz CT molecular complexity index is 1110. The molecule has 1 amide bonds. The van der Waals surface area contributed by atoms with E-state index in [0.717, 1.165) is 48.0 Å². The number of likely N-dealkylation sites (tertiary alicyclic amines) is 1. The van der Waals surface area contributed by atoms with Crippen LogP contribution in [-0.4, -0.2) is 41.5 Å². The second-order valence-corrected chi connectivity index (χ2v) is 9.35. The first kappa shape index (κ1) is 21.9. The van der Waals surface area contributed by atoms with Crippen LogP contribution in [0.15, 0.2) is 66.7 Å². The highest BCUT2D eigenvalue weighted by Crippen LogP contribution is 2.22. The van der Waals surface area contributed by atoms with Gasteiger partial charge >= 0.3 is 5.97 Å². The molecule has 1 N–H and O–H groups in total. The zero-order valence-corrected chi connectivity index (χ0v) is 18.9. The molecule has 0 unspecified atom stereocenters. The predicted octanol–water partition coefficient (Wildman–Crippen LogP) is 5.51. The summed E-state index contributed by atoms with van der Waals surface area (Å²) in [4.78, 5) is 27.1. The molecule has 0 atom stereocenters. The van der Waals surface area contributed by atoms with Gasteiger partial charge in [-0.1, -0.05) is 30.3 Å². The number of ether oxygens (including phenoxy) is 1. The van der Waals surface area contributed by atoms with Crippen molar-refractivity contribution in [2.75, 3.05) is 18.4 Å². The Kier molecular flexibility index (Phi) is 6.17. The third-order valence-electron chi connectivity index (χ3n) is 5.67. The van der Waals surface area contributed by atoms with E-state index in [2.05, 4.69) is 11.4 Å². The third-order valence-corrected chi connectivity index (χ3v) is 5.67. The van der Waals surface area contributed by atoms with E-state index in [0.29, 0.717) is 11.6 Å². The first-order valence-corrected chi connectivity index (χ1v) is 11.2.